The fraction of sp³-hybridized carbons (Fsp3) is 0.750. The van der Waals surface area contributed by atoms with Crippen molar-refractivity contribution in [2.24, 2.45) is 5.84 Å². The summed E-state index contributed by atoms with van der Waals surface area (Å²) in [5.74, 6) is 6.80. The Morgan fingerprint density at radius 1 is 1.29 bits per heavy atom. The van der Waals surface area contributed by atoms with Crippen molar-refractivity contribution in [3.63, 3.8) is 0 Å². The third kappa shape index (κ3) is 3.69. The minimum Gasteiger partial charge on any atom is -0.391 e. The fourth-order valence-corrected chi connectivity index (χ4v) is 2.48. The molecule has 4 N–H and O–H groups in total. The molecule has 0 aliphatic carbocycles. The van der Waals surface area contributed by atoms with E-state index in [1.165, 1.54) is 0 Å². The van der Waals surface area contributed by atoms with Gasteiger partial charge >= 0.3 is 0 Å². The second kappa shape index (κ2) is 6.37. The third-order valence-corrected chi connectivity index (χ3v) is 3.37. The lowest BCUT2D eigenvalue weighted by molar-refractivity contribution is 0.191. The molecule has 1 aromatic rings. The van der Waals surface area contributed by atoms with Crippen LogP contribution in [0.1, 0.15) is 6.42 Å². The summed E-state index contributed by atoms with van der Waals surface area (Å²) in [6.07, 6.45) is 0.329. The van der Waals surface area contributed by atoms with Crippen molar-refractivity contribution in [1.29, 1.82) is 0 Å². The highest BCUT2D eigenvalue weighted by molar-refractivity contribution is 5.45. The van der Waals surface area contributed by atoms with E-state index in [-0.39, 0.29) is 12.1 Å². The summed E-state index contributed by atoms with van der Waals surface area (Å²) < 4.78 is 0. The molecule has 0 amide bonds. The van der Waals surface area contributed by atoms with Crippen LogP contribution in [0.4, 0.5) is 17.8 Å². The van der Waals surface area contributed by atoms with Crippen LogP contribution >= 0.6 is 0 Å². The highest BCUT2D eigenvalue weighted by Crippen LogP contribution is 2.25. The number of nitrogens with one attached hydrogen (secondary N) is 1. The van der Waals surface area contributed by atoms with Gasteiger partial charge in [0.05, 0.1) is 6.10 Å². The zero-order valence-electron chi connectivity index (χ0n) is 13.0. The normalized spacial score (nSPS) is 22.0. The van der Waals surface area contributed by atoms with E-state index in [0.29, 0.717) is 30.8 Å². The van der Waals surface area contributed by atoms with Gasteiger partial charge in [-0.15, -0.1) is 0 Å². The van der Waals surface area contributed by atoms with Gasteiger partial charge in [0.15, 0.2) is 0 Å². The number of hydrazine groups is 1. The number of aliphatic hydroxyl groups excluding tert-OH is 1. The zero-order valence-corrected chi connectivity index (χ0v) is 13.0. The number of aliphatic hydroxyl groups is 1. The number of β-amino-alcohol motifs (C(OH)–C–C–N with tert-alkyl or cyclic N) is 1. The Balaban J connectivity index is 2.32. The molecule has 1 aliphatic heterocycles. The van der Waals surface area contributed by atoms with E-state index in [4.69, 9.17) is 5.84 Å². The molecule has 1 aromatic heterocycles. The van der Waals surface area contributed by atoms with Gasteiger partial charge in [-0.2, -0.15) is 15.0 Å². The predicted octanol–water partition coefficient (Wildman–Crippen LogP) is -1.28. The molecule has 0 saturated carbocycles. The van der Waals surface area contributed by atoms with Gasteiger partial charge in [-0.25, -0.2) is 5.84 Å². The zero-order chi connectivity index (χ0) is 15.6. The number of aromatic nitrogens is 3. The molecule has 118 valence electrons. The number of nitrogens with two attached hydrogens (primary N) is 1. The van der Waals surface area contributed by atoms with Crippen LogP contribution < -0.4 is 21.1 Å². The van der Waals surface area contributed by atoms with Gasteiger partial charge in [-0.1, -0.05) is 0 Å². The minimum atomic E-state index is -0.371. The summed E-state index contributed by atoms with van der Waals surface area (Å²) >= 11 is 0. The van der Waals surface area contributed by atoms with E-state index in [1.807, 2.05) is 33.1 Å². The van der Waals surface area contributed by atoms with Crippen LogP contribution in [0.2, 0.25) is 0 Å². The topological polar surface area (TPSA) is 107 Å². The van der Waals surface area contributed by atoms with Crippen LogP contribution in [-0.4, -0.2) is 78.4 Å². The smallest absolute Gasteiger partial charge is 0.243 e. The molecule has 1 aliphatic rings. The van der Waals surface area contributed by atoms with Gasteiger partial charge in [0.25, 0.3) is 0 Å². The number of rotatable bonds is 5. The standard InChI is InChI=1S/C12H24N8O/c1-18(2)6-8-5-9(21)7-20(8)12-15-10(17-13)14-11(16-12)19(3)4/h8-9,21H,5-7,13H2,1-4H3,(H,14,15,16,17). The molecule has 2 unspecified atom stereocenters. The van der Waals surface area contributed by atoms with Crippen molar-refractivity contribution in [2.75, 3.05) is 56.5 Å². The van der Waals surface area contributed by atoms with Gasteiger partial charge in [0, 0.05) is 33.2 Å². The molecule has 0 spiro atoms. The lowest BCUT2D eigenvalue weighted by atomic mass is 10.2. The van der Waals surface area contributed by atoms with Gasteiger partial charge in [-0.3, -0.25) is 5.43 Å². The number of anilines is 3. The Hall–Kier alpha value is -1.71. The first-order valence-electron chi connectivity index (χ1n) is 6.90. The monoisotopic (exact) mass is 296 g/mol. The maximum atomic E-state index is 9.97. The number of nitrogens with zero attached hydrogens (tertiary/aromatic N) is 6. The van der Waals surface area contributed by atoms with E-state index in [1.54, 1.807) is 4.90 Å². The van der Waals surface area contributed by atoms with Crippen molar-refractivity contribution in [1.82, 2.24) is 19.9 Å². The van der Waals surface area contributed by atoms with Crippen LogP contribution in [-0.2, 0) is 0 Å². The second-order valence-electron chi connectivity index (χ2n) is 5.76. The lowest BCUT2D eigenvalue weighted by Crippen LogP contribution is -2.39. The van der Waals surface area contributed by atoms with Crippen LogP contribution in [0.25, 0.3) is 0 Å². The van der Waals surface area contributed by atoms with Crippen LogP contribution in [0.3, 0.4) is 0 Å². The molecule has 21 heavy (non-hydrogen) atoms. The first-order valence-corrected chi connectivity index (χ1v) is 6.90. The van der Waals surface area contributed by atoms with Crippen molar-refractivity contribution in [3.05, 3.63) is 0 Å². The predicted molar refractivity (Wildman–Crippen MR) is 82.3 cm³/mol. The summed E-state index contributed by atoms with van der Waals surface area (Å²) in [7, 11) is 7.73. The maximum Gasteiger partial charge on any atom is 0.243 e. The molecule has 2 rings (SSSR count). The van der Waals surface area contributed by atoms with Crippen molar-refractivity contribution < 1.29 is 5.11 Å². The molecule has 0 bridgehead atoms. The first kappa shape index (κ1) is 15.7. The molecule has 9 heteroatoms. The fourth-order valence-electron chi connectivity index (χ4n) is 2.48. The van der Waals surface area contributed by atoms with E-state index in [0.717, 1.165) is 6.54 Å². The highest BCUT2D eigenvalue weighted by atomic mass is 16.3. The van der Waals surface area contributed by atoms with Crippen molar-refractivity contribution in [2.45, 2.75) is 18.6 Å². The quantitative estimate of drug-likeness (QED) is 0.452. The Labute approximate surface area is 124 Å². The Kier molecular flexibility index (Phi) is 4.76. The van der Waals surface area contributed by atoms with Gasteiger partial charge in [-0.05, 0) is 20.5 Å². The first-order chi connectivity index (χ1) is 9.90. The van der Waals surface area contributed by atoms with E-state index >= 15 is 0 Å². The molecule has 2 atom stereocenters. The largest absolute Gasteiger partial charge is 0.391 e. The average Bonchev–Trinajstić information content (AvgIpc) is 2.78. The maximum absolute atomic E-state index is 9.97. The SMILES string of the molecule is CN(C)CC1CC(O)CN1c1nc(NN)nc(N(C)C)n1. The van der Waals surface area contributed by atoms with Crippen LogP contribution in [0.15, 0.2) is 0 Å². The summed E-state index contributed by atoms with van der Waals surface area (Å²) in [5, 5.41) is 9.97. The van der Waals surface area contributed by atoms with E-state index < -0.39 is 0 Å². The van der Waals surface area contributed by atoms with Crippen molar-refractivity contribution in [3.8, 4) is 0 Å². The number of nitrogen functional groups attached to an aromatic ring is 1. The molecule has 1 fully saturated rings. The number of hydrogen-bond donors (Lipinski definition) is 3. The molecule has 9 nitrogen and oxygen atoms in total. The third-order valence-electron chi connectivity index (χ3n) is 3.37. The van der Waals surface area contributed by atoms with E-state index in [9.17, 15) is 5.11 Å². The van der Waals surface area contributed by atoms with Crippen LogP contribution in [0, 0.1) is 0 Å². The molecule has 2 heterocycles. The molecular weight excluding hydrogens is 272 g/mol. The van der Waals surface area contributed by atoms with Crippen molar-refractivity contribution >= 4 is 17.8 Å². The molecule has 0 aromatic carbocycles. The van der Waals surface area contributed by atoms with Gasteiger partial charge in [0.2, 0.25) is 17.8 Å². The Morgan fingerprint density at radius 2 is 2.00 bits per heavy atom. The highest BCUT2D eigenvalue weighted by Gasteiger charge is 2.33. The number of hydrogen-bond acceptors (Lipinski definition) is 9. The summed E-state index contributed by atoms with van der Waals surface area (Å²) in [6, 6.07) is 0.165. The van der Waals surface area contributed by atoms with Gasteiger partial charge in [0.1, 0.15) is 0 Å². The summed E-state index contributed by atoms with van der Waals surface area (Å²) in [5.41, 5.74) is 2.46. The Bertz CT molecular complexity index is 480. The Morgan fingerprint density at radius 3 is 2.57 bits per heavy atom. The average molecular weight is 296 g/mol. The second-order valence-corrected chi connectivity index (χ2v) is 5.76. The van der Waals surface area contributed by atoms with E-state index in [2.05, 4.69) is 25.3 Å². The molecular formula is C12H24N8O. The van der Waals surface area contributed by atoms with Gasteiger partial charge < -0.3 is 19.8 Å². The minimum absolute atomic E-state index is 0.165. The summed E-state index contributed by atoms with van der Waals surface area (Å²) in [4.78, 5) is 18.9. The molecule has 1 saturated heterocycles. The molecule has 0 radical (unpaired) electrons. The number of likely N-dealkylation sites (N-methyl/N-ethyl adjacent to an activating group) is 1. The lowest BCUT2D eigenvalue weighted by Gasteiger charge is -2.27. The summed E-state index contributed by atoms with van der Waals surface area (Å²) in [6.45, 7) is 1.34. The van der Waals surface area contributed by atoms with Crippen LogP contribution in [0.5, 0.6) is 0 Å².